The van der Waals surface area contributed by atoms with Crippen LogP contribution >= 0.6 is 0 Å². The van der Waals surface area contributed by atoms with Gasteiger partial charge in [-0.05, 0) is 11.6 Å². The van der Waals surface area contributed by atoms with Gasteiger partial charge in [0.1, 0.15) is 0 Å². The summed E-state index contributed by atoms with van der Waals surface area (Å²) in [7, 11) is 1.69. The Balaban J connectivity index is 1.56. The number of nitrogens with one attached hydrogen (secondary N) is 2. The Bertz CT molecular complexity index is 775. The van der Waals surface area contributed by atoms with Crippen LogP contribution in [0.15, 0.2) is 24.5 Å². The third kappa shape index (κ3) is 8.23. The number of rotatable bonds is 14. The summed E-state index contributed by atoms with van der Waals surface area (Å²) < 4.78 is 10.7. The summed E-state index contributed by atoms with van der Waals surface area (Å²) in [6, 6.07) is 3.30. The van der Waals surface area contributed by atoms with Crippen LogP contribution in [0.25, 0.3) is 0 Å². The molecule has 1 saturated heterocycles. The first-order chi connectivity index (χ1) is 15.4. The van der Waals surface area contributed by atoms with Crippen LogP contribution in [0.3, 0.4) is 0 Å². The fourth-order valence-electron chi connectivity index (χ4n) is 3.37. The maximum atomic E-state index is 12.6. The molecule has 1 aromatic rings. The van der Waals surface area contributed by atoms with Gasteiger partial charge in [-0.2, -0.15) is 0 Å². The monoisotopic (exact) mass is 450 g/mol. The highest BCUT2D eigenvalue weighted by Gasteiger charge is 2.42. The standard InChI is InChI=1S/C21H30N4O7/c1-25-18(27)13-16(20(25)15-3-2-6-22-14-15)21(30)24-8-10-32-12-11-31-9-5-17(26)23-7-4-19(28)29/h2-3,6,14,16,20H,4-5,7-13H2,1H3,(H,23,26)(H,24,30)(H,28,29)/t16-,20+/m0/s1. The highest BCUT2D eigenvalue weighted by atomic mass is 16.5. The number of amides is 3. The Morgan fingerprint density at radius 1 is 1.12 bits per heavy atom. The zero-order chi connectivity index (χ0) is 23.3. The van der Waals surface area contributed by atoms with E-state index >= 15 is 0 Å². The molecule has 1 aliphatic heterocycles. The predicted molar refractivity (Wildman–Crippen MR) is 112 cm³/mol. The minimum atomic E-state index is -0.965. The maximum Gasteiger partial charge on any atom is 0.305 e. The van der Waals surface area contributed by atoms with Crippen LogP contribution in [0.5, 0.6) is 0 Å². The molecule has 0 saturated carbocycles. The second-order valence-corrected chi connectivity index (χ2v) is 7.31. The molecular weight excluding hydrogens is 420 g/mol. The molecular formula is C21H30N4O7. The van der Waals surface area contributed by atoms with E-state index in [-0.39, 0.29) is 56.2 Å². The number of nitrogens with zero attached hydrogens (tertiary/aromatic N) is 2. The Morgan fingerprint density at radius 3 is 2.56 bits per heavy atom. The molecule has 0 aliphatic carbocycles. The SMILES string of the molecule is CN1C(=O)C[C@H](C(=O)NCCOCCOCCC(=O)NCCC(=O)O)[C@H]1c1cccnc1. The van der Waals surface area contributed by atoms with Gasteiger partial charge in [0, 0.05) is 45.4 Å². The van der Waals surface area contributed by atoms with E-state index in [9.17, 15) is 19.2 Å². The normalized spacial score (nSPS) is 17.9. The molecule has 1 aromatic heterocycles. The molecule has 3 amide bonds. The first-order valence-corrected chi connectivity index (χ1v) is 10.5. The van der Waals surface area contributed by atoms with Gasteiger partial charge < -0.3 is 30.1 Å². The Hall–Kier alpha value is -3.05. The molecule has 0 bridgehead atoms. The molecule has 176 valence electrons. The number of likely N-dealkylation sites (tertiary alicyclic amines) is 1. The van der Waals surface area contributed by atoms with Gasteiger partial charge >= 0.3 is 5.97 Å². The second-order valence-electron chi connectivity index (χ2n) is 7.31. The van der Waals surface area contributed by atoms with Gasteiger partial charge in [0.05, 0.1) is 44.8 Å². The van der Waals surface area contributed by atoms with Crippen LogP contribution < -0.4 is 10.6 Å². The fourth-order valence-corrected chi connectivity index (χ4v) is 3.37. The third-order valence-corrected chi connectivity index (χ3v) is 5.00. The lowest BCUT2D eigenvalue weighted by atomic mass is 9.94. The van der Waals surface area contributed by atoms with Gasteiger partial charge in [-0.15, -0.1) is 0 Å². The lowest BCUT2D eigenvalue weighted by Crippen LogP contribution is -2.36. The summed E-state index contributed by atoms with van der Waals surface area (Å²) in [5.41, 5.74) is 0.824. The molecule has 11 nitrogen and oxygen atoms in total. The molecule has 11 heteroatoms. The average molecular weight is 450 g/mol. The number of carbonyl (C=O) groups is 4. The first-order valence-electron chi connectivity index (χ1n) is 10.5. The second kappa shape index (κ2) is 13.4. The zero-order valence-corrected chi connectivity index (χ0v) is 18.1. The van der Waals surface area contributed by atoms with Gasteiger partial charge in [-0.25, -0.2) is 0 Å². The predicted octanol–water partition coefficient (Wildman–Crippen LogP) is -0.269. The number of carboxylic acids is 1. The van der Waals surface area contributed by atoms with E-state index in [1.54, 1.807) is 30.4 Å². The van der Waals surface area contributed by atoms with Crippen LogP contribution in [-0.2, 0) is 28.7 Å². The molecule has 3 N–H and O–H groups in total. The van der Waals surface area contributed by atoms with Crippen molar-refractivity contribution < 1.29 is 33.8 Å². The van der Waals surface area contributed by atoms with Crippen molar-refractivity contribution in [1.82, 2.24) is 20.5 Å². The van der Waals surface area contributed by atoms with E-state index in [0.717, 1.165) is 5.56 Å². The summed E-state index contributed by atoms with van der Waals surface area (Å²) in [6.07, 6.45) is 3.49. The fraction of sp³-hybridized carbons (Fsp3) is 0.571. The van der Waals surface area contributed by atoms with Crippen LogP contribution in [0, 0.1) is 5.92 Å². The number of carboxylic acid groups (broad SMARTS) is 1. The van der Waals surface area contributed by atoms with Crippen LogP contribution in [0.2, 0.25) is 0 Å². The molecule has 0 radical (unpaired) electrons. The summed E-state index contributed by atoms with van der Waals surface area (Å²) in [6.45, 7) is 1.49. The van der Waals surface area contributed by atoms with Crippen molar-refractivity contribution >= 4 is 23.7 Å². The van der Waals surface area contributed by atoms with E-state index < -0.39 is 11.9 Å². The summed E-state index contributed by atoms with van der Waals surface area (Å²) >= 11 is 0. The van der Waals surface area contributed by atoms with Crippen molar-refractivity contribution in [2.75, 3.05) is 46.6 Å². The maximum absolute atomic E-state index is 12.6. The summed E-state index contributed by atoms with van der Waals surface area (Å²) in [5, 5.41) is 13.8. The van der Waals surface area contributed by atoms with Crippen LogP contribution in [0.1, 0.15) is 30.9 Å². The molecule has 0 unspecified atom stereocenters. The molecule has 2 heterocycles. The van der Waals surface area contributed by atoms with Gasteiger partial charge in [-0.3, -0.25) is 24.2 Å². The van der Waals surface area contributed by atoms with E-state index in [0.29, 0.717) is 26.4 Å². The summed E-state index contributed by atoms with van der Waals surface area (Å²) in [4.78, 5) is 52.2. The number of aliphatic carboxylic acids is 1. The van der Waals surface area contributed by atoms with Crippen molar-refractivity contribution in [3.05, 3.63) is 30.1 Å². The highest BCUT2D eigenvalue weighted by Crippen LogP contribution is 2.36. The van der Waals surface area contributed by atoms with Gasteiger partial charge in [0.2, 0.25) is 17.7 Å². The number of ether oxygens (including phenoxy) is 2. The number of pyridine rings is 1. The van der Waals surface area contributed by atoms with E-state index in [4.69, 9.17) is 14.6 Å². The smallest absolute Gasteiger partial charge is 0.305 e. The third-order valence-electron chi connectivity index (χ3n) is 5.00. The lowest BCUT2D eigenvalue weighted by Gasteiger charge is -2.24. The molecule has 0 aromatic carbocycles. The first kappa shape index (κ1) is 25.2. The highest BCUT2D eigenvalue weighted by molar-refractivity contribution is 5.90. The van der Waals surface area contributed by atoms with E-state index in [1.807, 2.05) is 6.07 Å². The largest absolute Gasteiger partial charge is 0.481 e. The number of carbonyl (C=O) groups excluding carboxylic acids is 3. The molecule has 0 spiro atoms. The minimum Gasteiger partial charge on any atom is -0.481 e. The van der Waals surface area contributed by atoms with Crippen molar-refractivity contribution in [2.45, 2.75) is 25.3 Å². The van der Waals surface area contributed by atoms with Crippen molar-refractivity contribution in [2.24, 2.45) is 5.92 Å². The molecule has 1 aliphatic rings. The molecule has 1 fully saturated rings. The van der Waals surface area contributed by atoms with Gasteiger partial charge in [0.15, 0.2) is 0 Å². The Morgan fingerprint density at radius 2 is 1.88 bits per heavy atom. The number of hydrogen-bond donors (Lipinski definition) is 3. The number of aromatic nitrogens is 1. The van der Waals surface area contributed by atoms with Gasteiger partial charge in [0.25, 0.3) is 0 Å². The van der Waals surface area contributed by atoms with E-state index in [1.165, 1.54) is 0 Å². The summed E-state index contributed by atoms with van der Waals surface area (Å²) in [5.74, 6) is -2.00. The van der Waals surface area contributed by atoms with Crippen LogP contribution in [-0.4, -0.2) is 85.2 Å². The van der Waals surface area contributed by atoms with Gasteiger partial charge in [-0.1, -0.05) is 6.07 Å². The minimum absolute atomic E-state index is 0.0806. The van der Waals surface area contributed by atoms with Crippen LogP contribution in [0.4, 0.5) is 0 Å². The lowest BCUT2D eigenvalue weighted by molar-refractivity contribution is -0.137. The Labute approximate surface area is 186 Å². The van der Waals surface area contributed by atoms with Crippen molar-refractivity contribution in [3.63, 3.8) is 0 Å². The van der Waals surface area contributed by atoms with Crippen molar-refractivity contribution in [1.29, 1.82) is 0 Å². The quantitative estimate of drug-likeness (QED) is 0.328. The molecule has 2 atom stereocenters. The topological polar surface area (TPSA) is 147 Å². The number of hydrogen-bond acceptors (Lipinski definition) is 7. The average Bonchev–Trinajstić information content (AvgIpc) is 3.07. The van der Waals surface area contributed by atoms with E-state index in [2.05, 4.69) is 15.6 Å². The Kier molecular flexibility index (Phi) is 10.5. The molecule has 32 heavy (non-hydrogen) atoms. The molecule has 2 rings (SSSR count). The van der Waals surface area contributed by atoms with Crippen molar-refractivity contribution in [3.8, 4) is 0 Å². The zero-order valence-electron chi connectivity index (χ0n) is 18.1.